The summed E-state index contributed by atoms with van der Waals surface area (Å²) in [6.07, 6.45) is 7.27. The summed E-state index contributed by atoms with van der Waals surface area (Å²) in [7, 11) is 0. The van der Waals surface area contributed by atoms with Crippen molar-refractivity contribution >= 4 is 12.3 Å². The standard InChI is InChI=1S/C7H12O.C3H7NO2/c8-6-7-4-2-1-3-5-7;1-2(4)3(5)6/h6-7H,1-5H2;2H,4H2,1H3,(H,5,6)/t;2-/m.0/s1. The molecule has 4 nitrogen and oxygen atoms in total. The summed E-state index contributed by atoms with van der Waals surface area (Å²) in [6.45, 7) is 1.42. The van der Waals surface area contributed by atoms with E-state index in [9.17, 15) is 9.59 Å². The third kappa shape index (κ3) is 6.60. The molecule has 0 unspecified atom stereocenters. The van der Waals surface area contributed by atoms with Crippen LogP contribution in [0.2, 0.25) is 0 Å². The molecule has 0 spiro atoms. The lowest BCUT2D eigenvalue weighted by Crippen LogP contribution is -2.25. The molecule has 1 atom stereocenters. The predicted octanol–water partition coefficient (Wildman–Crippen LogP) is 1.18. The van der Waals surface area contributed by atoms with E-state index in [1.807, 2.05) is 0 Å². The molecule has 1 aliphatic carbocycles. The molecule has 0 aromatic heterocycles. The van der Waals surface area contributed by atoms with Crippen LogP contribution in [0.15, 0.2) is 0 Å². The summed E-state index contributed by atoms with van der Waals surface area (Å²) in [5.74, 6) is -0.557. The van der Waals surface area contributed by atoms with Crippen molar-refractivity contribution < 1.29 is 14.7 Å². The summed E-state index contributed by atoms with van der Waals surface area (Å²) in [5.41, 5.74) is 4.84. The molecule has 0 radical (unpaired) electrons. The average molecular weight is 201 g/mol. The lowest BCUT2D eigenvalue weighted by atomic mass is 9.91. The maximum absolute atomic E-state index is 10.2. The molecule has 0 aromatic carbocycles. The van der Waals surface area contributed by atoms with E-state index in [-0.39, 0.29) is 0 Å². The normalized spacial score (nSPS) is 19.0. The van der Waals surface area contributed by atoms with Crippen LogP contribution in [0, 0.1) is 5.92 Å². The number of hydrogen-bond acceptors (Lipinski definition) is 3. The van der Waals surface area contributed by atoms with E-state index in [0.29, 0.717) is 5.92 Å². The van der Waals surface area contributed by atoms with Gasteiger partial charge in [-0.3, -0.25) is 4.79 Å². The van der Waals surface area contributed by atoms with Crippen molar-refractivity contribution in [3.63, 3.8) is 0 Å². The zero-order valence-electron chi connectivity index (χ0n) is 8.61. The number of carbonyl (C=O) groups is 2. The van der Waals surface area contributed by atoms with E-state index in [2.05, 4.69) is 0 Å². The van der Waals surface area contributed by atoms with Gasteiger partial charge >= 0.3 is 5.97 Å². The van der Waals surface area contributed by atoms with Crippen LogP contribution in [0.1, 0.15) is 39.0 Å². The summed E-state index contributed by atoms with van der Waals surface area (Å²) >= 11 is 0. The van der Waals surface area contributed by atoms with Gasteiger partial charge in [-0.15, -0.1) is 0 Å². The van der Waals surface area contributed by atoms with Crippen molar-refractivity contribution in [1.82, 2.24) is 0 Å². The Morgan fingerprint density at radius 3 is 2.07 bits per heavy atom. The van der Waals surface area contributed by atoms with Crippen LogP contribution < -0.4 is 5.73 Å². The van der Waals surface area contributed by atoms with Crippen molar-refractivity contribution in [2.75, 3.05) is 0 Å². The fourth-order valence-corrected chi connectivity index (χ4v) is 1.27. The van der Waals surface area contributed by atoms with Crippen molar-refractivity contribution in [1.29, 1.82) is 0 Å². The van der Waals surface area contributed by atoms with Gasteiger partial charge in [-0.25, -0.2) is 0 Å². The number of aliphatic carboxylic acids is 1. The minimum absolute atomic E-state index is 0.406. The second-order valence-electron chi connectivity index (χ2n) is 3.66. The van der Waals surface area contributed by atoms with Crippen molar-refractivity contribution in [2.45, 2.75) is 45.1 Å². The first kappa shape index (κ1) is 13.1. The van der Waals surface area contributed by atoms with Gasteiger partial charge in [0.25, 0.3) is 0 Å². The number of aldehydes is 1. The van der Waals surface area contributed by atoms with Gasteiger partial charge in [-0.1, -0.05) is 19.3 Å². The fraction of sp³-hybridized carbons (Fsp3) is 0.800. The number of hydrogen-bond donors (Lipinski definition) is 2. The minimum Gasteiger partial charge on any atom is -0.480 e. The van der Waals surface area contributed by atoms with Gasteiger partial charge in [0.05, 0.1) is 0 Å². The molecule has 82 valence electrons. The van der Waals surface area contributed by atoms with E-state index < -0.39 is 12.0 Å². The summed E-state index contributed by atoms with van der Waals surface area (Å²) in [5, 5.41) is 7.87. The second kappa shape index (κ2) is 7.50. The lowest BCUT2D eigenvalue weighted by molar-refractivity contribution is -0.138. The first-order valence-corrected chi connectivity index (χ1v) is 5.01. The van der Waals surface area contributed by atoms with E-state index in [1.54, 1.807) is 0 Å². The zero-order chi connectivity index (χ0) is 11.0. The van der Waals surface area contributed by atoms with Crippen LogP contribution in [-0.4, -0.2) is 23.4 Å². The molecular weight excluding hydrogens is 182 g/mol. The Morgan fingerprint density at radius 1 is 1.43 bits per heavy atom. The number of carbonyl (C=O) groups excluding carboxylic acids is 1. The molecule has 0 heterocycles. The van der Waals surface area contributed by atoms with Gasteiger partial charge in [0.2, 0.25) is 0 Å². The van der Waals surface area contributed by atoms with Gasteiger partial charge in [0.15, 0.2) is 0 Å². The number of carboxylic acids is 1. The highest BCUT2D eigenvalue weighted by molar-refractivity contribution is 5.72. The molecule has 1 rings (SSSR count). The largest absolute Gasteiger partial charge is 0.480 e. The van der Waals surface area contributed by atoms with E-state index in [4.69, 9.17) is 10.8 Å². The van der Waals surface area contributed by atoms with Crippen LogP contribution in [0.5, 0.6) is 0 Å². The first-order valence-electron chi connectivity index (χ1n) is 5.01. The van der Waals surface area contributed by atoms with Gasteiger partial charge in [0.1, 0.15) is 12.3 Å². The topological polar surface area (TPSA) is 80.4 Å². The van der Waals surface area contributed by atoms with Gasteiger partial charge in [-0.2, -0.15) is 0 Å². The van der Waals surface area contributed by atoms with Crippen LogP contribution in [0.3, 0.4) is 0 Å². The Balaban J connectivity index is 0.000000255. The van der Waals surface area contributed by atoms with Crippen LogP contribution in [0.25, 0.3) is 0 Å². The quantitative estimate of drug-likeness (QED) is 0.657. The fourth-order valence-electron chi connectivity index (χ4n) is 1.27. The highest BCUT2D eigenvalue weighted by Crippen LogP contribution is 2.21. The van der Waals surface area contributed by atoms with Gasteiger partial charge < -0.3 is 15.6 Å². The molecule has 4 heteroatoms. The Labute approximate surface area is 84.5 Å². The second-order valence-corrected chi connectivity index (χ2v) is 3.66. The predicted molar refractivity (Wildman–Crippen MR) is 53.9 cm³/mol. The molecule has 3 N–H and O–H groups in total. The average Bonchev–Trinajstić information content (AvgIpc) is 2.20. The molecular formula is C10H19NO3. The van der Waals surface area contributed by atoms with Crippen molar-refractivity contribution in [3.8, 4) is 0 Å². The minimum atomic E-state index is -0.963. The molecule has 0 amide bonds. The highest BCUT2D eigenvalue weighted by Gasteiger charge is 2.10. The van der Waals surface area contributed by atoms with Gasteiger partial charge in [-0.05, 0) is 19.8 Å². The third-order valence-electron chi connectivity index (χ3n) is 2.23. The molecule has 1 saturated carbocycles. The van der Waals surface area contributed by atoms with Crippen LogP contribution >= 0.6 is 0 Å². The Morgan fingerprint density at radius 2 is 1.86 bits per heavy atom. The van der Waals surface area contributed by atoms with E-state index in [0.717, 1.165) is 19.1 Å². The molecule has 0 aromatic rings. The van der Waals surface area contributed by atoms with Crippen molar-refractivity contribution in [3.05, 3.63) is 0 Å². The van der Waals surface area contributed by atoms with Crippen LogP contribution in [0.4, 0.5) is 0 Å². The molecule has 1 aliphatic rings. The van der Waals surface area contributed by atoms with Gasteiger partial charge in [0, 0.05) is 5.92 Å². The SMILES string of the molecule is C[C@H](N)C(=O)O.O=CC1CCCCC1. The molecule has 1 fully saturated rings. The maximum atomic E-state index is 10.2. The monoisotopic (exact) mass is 201 g/mol. The zero-order valence-corrected chi connectivity index (χ0v) is 8.61. The summed E-state index contributed by atoms with van der Waals surface area (Å²) in [6, 6.07) is -0.731. The number of rotatable bonds is 2. The molecule has 0 aliphatic heterocycles. The van der Waals surface area contributed by atoms with E-state index >= 15 is 0 Å². The lowest BCUT2D eigenvalue weighted by Gasteiger charge is -2.14. The third-order valence-corrected chi connectivity index (χ3v) is 2.23. The maximum Gasteiger partial charge on any atom is 0.320 e. The number of carboxylic acid groups (broad SMARTS) is 1. The smallest absolute Gasteiger partial charge is 0.320 e. The number of nitrogens with two attached hydrogens (primary N) is 1. The van der Waals surface area contributed by atoms with Crippen LogP contribution in [-0.2, 0) is 9.59 Å². The van der Waals surface area contributed by atoms with E-state index in [1.165, 1.54) is 26.2 Å². The van der Waals surface area contributed by atoms with Crippen molar-refractivity contribution in [2.24, 2.45) is 11.7 Å². The molecule has 0 saturated heterocycles. The summed E-state index contributed by atoms with van der Waals surface area (Å²) in [4.78, 5) is 19.7. The Kier molecular flexibility index (Phi) is 7.02. The molecule has 14 heavy (non-hydrogen) atoms. The summed E-state index contributed by atoms with van der Waals surface area (Å²) < 4.78 is 0. The Bertz CT molecular complexity index is 174. The first-order chi connectivity index (χ1) is 6.57. The Hall–Kier alpha value is -0.900. The molecule has 0 bridgehead atoms. The highest BCUT2D eigenvalue weighted by atomic mass is 16.4.